The molecule has 11 heteroatoms. The van der Waals surface area contributed by atoms with Gasteiger partial charge in [0.05, 0.1) is 37.6 Å². The Kier molecular flexibility index (Phi) is 13.2. The zero-order chi connectivity index (χ0) is 34.1. The fourth-order valence-electron chi connectivity index (χ4n) is 6.68. The molecule has 4 rings (SSSR count). The summed E-state index contributed by atoms with van der Waals surface area (Å²) < 4.78 is 42.6. The Hall–Kier alpha value is -0.183. The Bertz CT molecular complexity index is 919. The average molecular weight is 663 g/mol. The summed E-state index contributed by atoms with van der Waals surface area (Å²) in [5.41, 5.74) is 0. The van der Waals surface area contributed by atoms with Crippen LogP contribution in [0.25, 0.3) is 0 Å². The third kappa shape index (κ3) is 8.17. The first-order valence-electron chi connectivity index (χ1n) is 17.5. The molecule has 4 saturated heterocycles. The van der Waals surface area contributed by atoms with E-state index >= 15 is 0 Å². The molecule has 12 atom stereocenters. The third-order valence-corrected chi connectivity index (χ3v) is 16.4. The lowest BCUT2D eigenvalue weighted by molar-refractivity contribution is -0.237. The van der Waals surface area contributed by atoms with Crippen LogP contribution in [0.4, 0.5) is 0 Å². The molecule has 4 aliphatic rings. The normalized spacial score (nSPS) is 41.3. The van der Waals surface area contributed by atoms with Crippen LogP contribution in [0.15, 0.2) is 0 Å². The van der Waals surface area contributed by atoms with E-state index < -0.39 is 44.7 Å². The van der Waals surface area contributed by atoms with E-state index in [0.29, 0.717) is 6.61 Å². The van der Waals surface area contributed by atoms with Crippen molar-refractivity contribution >= 4 is 8.32 Å². The summed E-state index contributed by atoms with van der Waals surface area (Å²) in [6.07, 6.45) is -0.815. The van der Waals surface area contributed by atoms with E-state index in [-0.39, 0.29) is 59.7 Å². The van der Waals surface area contributed by atoms with Gasteiger partial charge < -0.3 is 48.2 Å². The van der Waals surface area contributed by atoms with E-state index in [2.05, 4.69) is 68.5 Å². The van der Waals surface area contributed by atoms with Gasteiger partial charge in [-0.15, -0.1) is 0 Å². The van der Waals surface area contributed by atoms with Crippen molar-refractivity contribution in [3.05, 3.63) is 0 Å². The monoisotopic (exact) mass is 662 g/mol. The summed E-state index contributed by atoms with van der Waals surface area (Å²) in [4.78, 5) is 0. The quantitative estimate of drug-likeness (QED) is 0.284. The van der Waals surface area contributed by atoms with Crippen LogP contribution in [0, 0.1) is 23.7 Å². The molecule has 0 spiro atoms. The van der Waals surface area contributed by atoms with Crippen molar-refractivity contribution in [1.29, 1.82) is 0 Å². The molecule has 0 aromatic carbocycles. The van der Waals surface area contributed by atoms with Gasteiger partial charge >= 0.3 is 0 Å². The van der Waals surface area contributed by atoms with E-state index in [1.54, 1.807) is 0 Å². The highest BCUT2D eigenvalue weighted by molar-refractivity contribution is 6.74. The van der Waals surface area contributed by atoms with Gasteiger partial charge in [0.15, 0.2) is 32.5 Å². The van der Waals surface area contributed by atoms with Crippen molar-refractivity contribution in [3.8, 4) is 0 Å². The fourth-order valence-corrected chi connectivity index (χ4v) is 7.69. The van der Waals surface area contributed by atoms with E-state index in [9.17, 15) is 15.3 Å². The fraction of sp³-hybridized carbons (Fsp3) is 1.00. The number of rotatable bonds is 8. The maximum atomic E-state index is 10.7. The third-order valence-electron chi connectivity index (χ3n) is 11.9. The van der Waals surface area contributed by atoms with Crippen LogP contribution in [0.3, 0.4) is 0 Å². The molecule has 0 radical (unpaired) electrons. The van der Waals surface area contributed by atoms with Crippen LogP contribution in [0.2, 0.25) is 18.1 Å². The van der Waals surface area contributed by atoms with Gasteiger partial charge in [-0.25, -0.2) is 0 Å². The largest absolute Gasteiger partial charge is 0.414 e. The summed E-state index contributed by atoms with van der Waals surface area (Å²) in [6.45, 7) is 28.2. The Labute approximate surface area is 273 Å². The standard InChI is InChI=1S/C20H40O5Si.C14H26O5/c1-10-20(11-2)24-16-14(4)13(3)15(23-18(21)17(16)25-20)12-22-26(8,9)19(5,6)7;1-5-14(6-2)18-11-9(4)8(3)10(7-15)17-13(16)12(11)19-14/h13-18,21H,10-12H2,1-9H3;8-13,15-16H,5-7H2,1-4H3/t13-,14-,15+,16+,17+,18?;8-,9-,10+,11+,12+,13?/m00/s1. The Morgan fingerprint density at radius 1 is 0.622 bits per heavy atom. The molecule has 4 heterocycles. The Morgan fingerprint density at radius 3 is 1.33 bits per heavy atom. The molecular weight excluding hydrogens is 596 g/mol. The smallest absolute Gasteiger partial charge is 0.192 e. The highest BCUT2D eigenvalue weighted by Gasteiger charge is 2.56. The molecule has 2 unspecified atom stereocenters. The number of hydrogen-bond donors (Lipinski definition) is 3. The second kappa shape index (κ2) is 15.1. The minimum absolute atomic E-state index is 0.0998. The highest BCUT2D eigenvalue weighted by Crippen LogP contribution is 2.45. The van der Waals surface area contributed by atoms with Gasteiger partial charge in [-0.05, 0) is 67.5 Å². The number of aliphatic hydroxyl groups is 3. The summed E-state index contributed by atoms with van der Waals surface area (Å²) in [5, 5.41) is 30.4. The minimum atomic E-state index is -1.87. The van der Waals surface area contributed by atoms with Crippen molar-refractivity contribution in [2.45, 2.75) is 181 Å². The summed E-state index contributed by atoms with van der Waals surface area (Å²) in [7, 11) is -1.87. The molecule has 0 bridgehead atoms. The molecule has 0 aromatic heterocycles. The number of ether oxygens (including phenoxy) is 6. The first-order valence-corrected chi connectivity index (χ1v) is 20.4. The zero-order valence-corrected chi connectivity index (χ0v) is 31.4. The predicted molar refractivity (Wildman–Crippen MR) is 175 cm³/mol. The molecule has 0 aromatic rings. The minimum Gasteiger partial charge on any atom is -0.414 e. The van der Waals surface area contributed by atoms with Crippen molar-refractivity contribution < 1.29 is 48.2 Å². The van der Waals surface area contributed by atoms with Crippen LogP contribution in [0.1, 0.15) is 102 Å². The van der Waals surface area contributed by atoms with Crippen LogP contribution in [-0.2, 0) is 32.8 Å². The number of fused-ring (bicyclic) bond motifs is 2. The second-order valence-electron chi connectivity index (χ2n) is 15.4. The van der Waals surface area contributed by atoms with Gasteiger partial charge in [0, 0.05) is 0 Å². The van der Waals surface area contributed by atoms with E-state index in [4.69, 9.17) is 32.8 Å². The van der Waals surface area contributed by atoms with Crippen molar-refractivity contribution in [1.82, 2.24) is 0 Å². The number of aliphatic hydroxyl groups excluding tert-OH is 3. The molecule has 266 valence electrons. The molecule has 0 saturated carbocycles. The van der Waals surface area contributed by atoms with Crippen LogP contribution >= 0.6 is 0 Å². The van der Waals surface area contributed by atoms with Crippen molar-refractivity contribution in [3.63, 3.8) is 0 Å². The van der Waals surface area contributed by atoms with Gasteiger partial charge in [-0.2, -0.15) is 0 Å². The molecule has 4 fully saturated rings. The predicted octanol–water partition coefficient (Wildman–Crippen LogP) is 5.57. The van der Waals surface area contributed by atoms with Gasteiger partial charge in [0.1, 0.15) is 12.2 Å². The molecule has 10 nitrogen and oxygen atoms in total. The summed E-state index contributed by atoms with van der Waals surface area (Å²) in [6, 6.07) is 0. The molecule has 0 amide bonds. The first kappa shape index (κ1) is 39.3. The Morgan fingerprint density at radius 2 is 0.978 bits per heavy atom. The Balaban J connectivity index is 0.000000257. The average Bonchev–Trinajstić information content (AvgIpc) is 3.57. The summed E-state index contributed by atoms with van der Waals surface area (Å²) >= 11 is 0. The molecule has 45 heavy (non-hydrogen) atoms. The first-order chi connectivity index (χ1) is 20.8. The van der Waals surface area contributed by atoms with Crippen LogP contribution in [0.5, 0.6) is 0 Å². The highest BCUT2D eigenvalue weighted by atomic mass is 28.4. The van der Waals surface area contributed by atoms with Crippen molar-refractivity contribution in [2.24, 2.45) is 23.7 Å². The SMILES string of the molecule is CCC1(CC)O[C@@H]2[C@@H](C)[C@H](C)[C@@H](CO)OC(O)[C@@H]2O1.CCC1(CC)O[C@@H]2[C@@H](C)[C@H](C)[C@@H](CO[Si](C)(C)C(C)(C)C)OC(O)[C@@H]2O1. The van der Waals surface area contributed by atoms with Crippen LogP contribution in [-0.4, -0.2) is 97.6 Å². The molecule has 0 aliphatic carbocycles. The maximum Gasteiger partial charge on any atom is 0.192 e. The topological polar surface area (TPSA) is 125 Å². The maximum absolute atomic E-state index is 10.7. The van der Waals surface area contributed by atoms with Crippen LogP contribution < -0.4 is 0 Å². The van der Waals surface area contributed by atoms with E-state index in [0.717, 1.165) is 25.7 Å². The number of hydrogen-bond acceptors (Lipinski definition) is 10. The molecule has 4 aliphatic heterocycles. The van der Waals surface area contributed by atoms with Gasteiger partial charge in [-0.1, -0.05) is 76.2 Å². The van der Waals surface area contributed by atoms with E-state index in [1.807, 2.05) is 20.8 Å². The molecule has 3 N–H and O–H groups in total. The van der Waals surface area contributed by atoms with E-state index in [1.165, 1.54) is 0 Å². The zero-order valence-electron chi connectivity index (χ0n) is 30.4. The molecular formula is C34H66O10Si. The van der Waals surface area contributed by atoms with Crippen molar-refractivity contribution in [2.75, 3.05) is 13.2 Å². The summed E-state index contributed by atoms with van der Waals surface area (Å²) in [5.74, 6) is -0.539. The van der Waals surface area contributed by atoms with Gasteiger partial charge in [-0.3, -0.25) is 0 Å². The lowest BCUT2D eigenvalue weighted by Gasteiger charge is -2.38. The lowest BCUT2D eigenvalue weighted by Crippen LogP contribution is -2.45. The lowest BCUT2D eigenvalue weighted by atomic mass is 9.85. The van der Waals surface area contributed by atoms with Gasteiger partial charge in [0.25, 0.3) is 0 Å². The van der Waals surface area contributed by atoms with Gasteiger partial charge in [0.2, 0.25) is 0 Å². The second-order valence-corrected chi connectivity index (χ2v) is 20.2.